The zero-order valence-corrected chi connectivity index (χ0v) is 9.46. The molecule has 0 N–H and O–H groups in total. The van der Waals surface area contributed by atoms with Crippen LogP contribution in [0.5, 0.6) is 0 Å². The first kappa shape index (κ1) is 11.2. The van der Waals surface area contributed by atoms with E-state index in [1.54, 1.807) is 6.20 Å². The minimum Gasteiger partial charge on any atom is -0.340 e. The van der Waals surface area contributed by atoms with E-state index >= 15 is 0 Å². The number of aryl methyl sites for hydroxylation is 1. The van der Waals surface area contributed by atoms with Gasteiger partial charge in [0.25, 0.3) is 0 Å². The van der Waals surface area contributed by atoms with E-state index in [9.17, 15) is 0 Å². The van der Waals surface area contributed by atoms with Gasteiger partial charge in [-0.3, -0.25) is 0 Å². The number of hydrogen-bond donors (Lipinski definition) is 0. The monoisotopic (exact) mass is 213 g/mol. The number of anilines is 1. The van der Waals surface area contributed by atoms with Crippen LogP contribution in [0, 0.1) is 6.92 Å². The van der Waals surface area contributed by atoms with Gasteiger partial charge in [-0.15, -0.1) is 11.6 Å². The fourth-order valence-electron chi connectivity index (χ4n) is 1.27. The smallest absolute Gasteiger partial charge is 0.225 e. The Morgan fingerprint density at radius 3 is 2.79 bits per heavy atom. The van der Waals surface area contributed by atoms with E-state index < -0.39 is 0 Å². The molecule has 0 saturated heterocycles. The summed E-state index contributed by atoms with van der Waals surface area (Å²) in [7, 11) is 0. The Labute approximate surface area is 90.1 Å². The quantitative estimate of drug-likeness (QED) is 0.703. The summed E-state index contributed by atoms with van der Waals surface area (Å²) in [6.45, 7) is 5.86. The third kappa shape index (κ3) is 3.14. The first-order valence-corrected chi connectivity index (χ1v) is 5.42. The molecule has 1 rings (SSSR count). The van der Waals surface area contributed by atoms with Crippen molar-refractivity contribution in [2.24, 2.45) is 0 Å². The summed E-state index contributed by atoms with van der Waals surface area (Å²) in [6, 6.07) is 1.90. The van der Waals surface area contributed by atoms with Crippen molar-refractivity contribution in [3.05, 3.63) is 18.0 Å². The summed E-state index contributed by atoms with van der Waals surface area (Å²) in [5.41, 5.74) is 0.991. The van der Waals surface area contributed by atoms with Gasteiger partial charge in [0.1, 0.15) is 0 Å². The molecule has 0 spiro atoms. The van der Waals surface area contributed by atoms with Crippen LogP contribution in [0.1, 0.15) is 19.0 Å². The van der Waals surface area contributed by atoms with E-state index in [-0.39, 0.29) is 0 Å². The zero-order chi connectivity index (χ0) is 10.4. The number of halogens is 1. The minimum atomic E-state index is 0.608. The lowest BCUT2D eigenvalue weighted by Crippen LogP contribution is -2.28. The van der Waals surface area contributed by atoms with Gasteiger partial charge >= 0.3 is 0 Å². The molecular formula is C10H16ClN3. The molecule has 1 aromatic heterocycles. The molecule has 0 saturated carbocycles. The van der Waals surface area contributed by atoms with Crippen molar-refractivity contribution in [2.75, 3.05) is 23.9 Å². The first-order chi connectivity index (χ1) is 6.77. The van der Waals surface area contributed by atoms with Crippen LogP contribution in [0.25, 0.3) is 0 Å². The molecule has 0 radical (unpaired) electrons. The summed E-state index contributed by atoms with van der Waals surface area (Å²) < 4.78 is 0. The Hall–Kier alpha value is -0.830. The van der Waals surface area contributed by atoms with Crippen LogP contribution >= 0.6 is 11.6 Å². The molecule has 0 bridgehead atoms. The molecule has 0 aliphatic rings. The highest BCUT2D eigenvalue weighted by Gasteiger charge is 2.06. The molecule has 0 atom stereocenters. The third-order valence-electron chi connectivity index (χ3n) is 1.91. The lowest BCUT2D eigenvalue weighted by Gasteiger charge is -2.20. The van der Waals surface area contributed by atoms with Gasteiger partial charge < -0.3 is 4.90 Å². The molecule has 1 heterocycles. The standard InChI is InChI=1S/C10H16ClN3/c1-3-7-14(8-5-11)10-12-6-4-9(2)13-10/h4,6H,3,5,7-8H2,1-2H3. The number of hydrogen-bond acceptors (Lipinski definition) is 3. The van der Waals surface area contributed by atoms with Crippen molar-refractivity contribution in [3.63, 3.8) is 0 Å². The Morgan fingerprint density at radius 2 is 2.21 bits per heavy atom. The van der Waals surface area contributed by atoms with Crippen LogP contribution in [0.2, 0.25) is 0 Å². The molecule has 4 heteroatoms. The van der Waals surface area contributed by atoms with Crippen LogP contribution in [0.15, 0.2) is 12.3 Å². The highest BCUT2D eigenvalue weighted by molar-refractivity contribution is 6.18. The van der Waals surface area contributed by atoms with Crippen LogP contribution in [-0.4, -0.2) is 28.9 Å². The molecule has 0 amide bonds. The molecule has 0 aliphatic heterocycles. The van der Waals surface area contributed by atoms with E-state index in [0.717, 1.165) is 31.2 Å². The van der Waals surface area contributed by atoms with Crippen molar-refractivity contribution < 1.29 is 0 Å². The Kier molecular flexibility index (Phi) is 4.66. The van der Waals surface area contributed by atoms with Gasteiger partial charge in [0.05, 0.1) is 0 Å². The van der Waals surface area contributed by atoms with Crippen LogP contribution < -0.4 is 4.90 Å². The predicted molar refractivity (Wildman–Crippen MR) is 60.0 cm³/mol. The largest absolute Gasteiger partial charge is 0.340 e. The van der Waals surface area contributed by atoms with Crippen LogP contribution in [0.3, 0.4) is 0 Å². The second kappa shape index (κ2) is 5.81. The molecule has 0 aliphatic carbocycles. The summed E-state index contributed by atoms with van der Waals surface area (Å²) in [5.74, 6) is 1.39. The molecule has 78 valence electrons. The Balaban J connectivity index is 2.75. The molecule has 3 nitrogen and oxygen atoms in total. The van der Waals surface area contributed by atoms with Crippen molar-refractivity contribution in [1.82, 2.24) is 9.97 Å². The van der Waals surface area contributed by atoms with Crippen LogP contribution in [0.4, 0.5) is 5.95 Å². The van der Waals surface area contributed by atoms with Gasteiger partial charge in [0.2, 0.25) is 5.95 Å². The van der Waals surface area contributed by atoms with Crippen LogP contribution in [-0.2, 0) is 0 Å². The summed E-state index contributed by atoms with van der Waals surface area (Å²) in [6.07, 6.45) is 2.86. The molecule has 0 fully saturated rings. The third-order valence-corrected chi connectivity index (χ3v) is 2.08. The summed E-state index contributed by atoms with van der Waals surface area (Å²) >= 11 is 5.72. The Morgan fingerprint density at radius 1 is 1.43 bits per heavy atom. The van der Waals surface area contributed by atoms with Gasteiger partial charge in [-0.1, -0.05) is 6.92 Å². The van der Waals surface area contributed by atoms with Gasteiger partial charge in [-0.05, 0) is 19.4 Å². The second-order valence-corrected chi connectivity index (χ2v) is 3.55. The maximum atomic E-state index is 5.72. The van der Waals surface area contributed by atoms with Crippen molar-refractivity contribution >= 4 is 17.5 Å². The lowest BCUT2D eigenvalue weighted by atomic mass is 10.4. The molecule has 0 aromatic carbocycles. The maximum absolute atomic E-state index is 5.72. The first-order valence-electron chi connectivity index (χ1n) is 4.88. The SMILES string of the molecule is CCCN(CCCl)c1nccc(C)n1. The Bertz CT molecular complexity index is 272. The van der Waals surface area contributed by atoms with Crippen molar-refractivity contribution in [3.8, 4) is 0 Å². The number of aromatic nitrogens is 2. The second-order valence-electron chi connectivity index (χ2n) is 3.17. The fraction of sp³-hybridized carbons (Fsp3) is 0.600. The van der Waals surface area contributed by atoms with E-state index in [1.807, 2.05) is 13.0 Å². The predicted octanol–water partition coefficient (Wildman–Crippen LogP) is 2.24. The van der Waals surface area contributed by atoms with Gasteiger partial charge in [-0.25, -0.2) is 9.97 Å². The highest BCUT2D eigenvalue weighted by atomic mass is 35.5. The van der Waals surface area contributed by atoms with E-state index in [0.29, 0.717) is 5.88 Å². The zero-order valence-electron chi connectivity index (χ0n) is 8.70. The average molecular weight is 214 g/mol. The highest BCUT2D eigenvalue weighted by Crippen LogP contribution is 2.07. The normalized spacial score (nSPS) is 10.2. The maximum Gasteiger partial charge on any atom is 0.225 e. The van der Waals surface area contributed by atoms with Gasteiger partial charge in [-0.2, -0.15) is 0 Å². The number of alkyl halides is 1. The number of nitrogens with zero attached hydrogens (tertiary/aromatic N) is 3. The molecule has 0 unspecified atom stereocenters. The van der Waals surface area contributed by atoms with E-state index in [4.69, 9.17) is 11.6 Å². The van der Waals surface area contributed by atoms with Crippen molar-refractivity contribution in [2.45, 2.75) is 20.3 Å². The molecular weight excluding hydrogens is 198 g/mol. The lowest BCUT2D eigenvalue weighted by molar-refractivity contribution is 0.761. The van der Waals surface area contributed by atoms with E-state index in [1.165, 1.54) is 0 Å². The summed E-state index contributed by atoms with van der Waals surface area (Å²) in [4.78, 5) is 10.7. The van der Waals surface area contributed by atoms with Crippen molar-refractivity contribution in [1.29, 1.82) is 0 Å². The number of rotatable bonds is 5. The summed E-state index contributed by atoms with van der Waals surface area (Å²) in [5, 5.41) is 0. The van der Waals surface area contributed by atoms with E-state index in [2.05, 4.69) is 21.8 Å². The minimum absolute atomic E-state index is 0.608. The average Bonchev–Trinajstić information content (AvgIpc) is 2.17. The van der Waals surface area contributed by atoms with Gasteiger partial charge in [0, 0.05) is 30.9 Å². The topological polar surface area (TPSA) is 29.0 Å². The molecule has 14 heavy (non-hydrogen) atoms. The fourth-order valence-corrected chi connectivity index (χ4v) is 1.48. The van der Waals surface area contributed by atoms with Gasteiger partial charge in [0.15, 0.2) is 0 Å². The molecule has 1 aromatic rings.